The van der Waals surface area contributed by atoms with E-state index in [9.17, 15) is 25.9 Å². The molecule has 0 radical (unpaired) electrons. The van der Waals surface area contributed by atoms with Gasteiger partial charge in [0.15, 0.2) is 5.41 Å². The lowest BCUT2D eigenvalue weighted by Crippen LogP contribution is -2.48. The molecular formula is C25H19ClN6O2. The average molecular weight is 471 g/mol. The molecule has 0 saturated heterocycles. The van der Waals surface area contributed by atoms with Gasteiger partial charge in [0, 0.05) is 48.6 Å². The van der Waals surface area contributed by atoms with Crippen molar-refractivity contribution in [2.45, 2.75) is 12.5 Å². The van der Waals surface area contributed by atoms with Gasteiger partial charge in [-0.15, -0.1) is 0 Å². The molecule has 9 heteroatoms. The van der Waals surface area contributed by atoms with Gasteiger partial charge in [-0.3, -0.25) is 15.0 Å². The largest absolute Gasteiger partial charge is 0.399 e. The Morgan fingerprint density at radius 1 is 1.18 bits per heavy atom. The first kappa shape index (κ1) is 23.0. The molecule has 2 aromatic carbocycles. The Morgan fingerprint density at radius 2 is 1.88 bits per heavy atom. The lowest BCUT2D eigenvalue weighted by molar-refractivity contribution is -0.384. The van der Waals surface area contributed by atoms with Crippen LogP contribution >= 0.6 is 11.6 Å². The second-order valence-electron chi connectivity index (χ2n) is 8.32. The van der Waals surface area contributed by atoms with Crippen LogP contribution in [0.25, 0.3) is 0 Å². The van der Waals surface area contributed by atoms with Crippen LogP contribution in [0.5, 0.6) is 0 Å². The first-order chi connectivity index (χ1) is 16.4. The van der Waals surface area contributed by atoms with Gasteiger partial charge in [0.2, 0.25) is 0 Å². The Labute approximate surface area is 201 Å². The molecule has 0 fully saturated rings. The van der Waals surface area contributed by atoms with E-state index in [2.05, 4.69) is 11.0 Å². The molecule has 0 spiro atoms. The second kappa shape index (κ2) is 9.00. The lowest BCUT2D eigenvalue weighted by atomic mass is 9.58. The first-order valence-electron chi connectivity index (χ1n) is 10.5. The highest BCUT2D eigenvalue weighted by molar-refractivity contribution is 6.31. The standard InChI is InChI=1S/C25H19ClN6O2/c26-22-7-6-17(32(33)34)10-19(22)23-21-13-31(12-16-4-2-1-3-5-16)9-8-18(21)20(11-27)24(30)25(23,14-28)15-29/h1-8,10,21,23H,9,12-13,30H2. The zero-order chi connectivity index (χ0) is 24.5. The van der Waals surface area contributed by atoms with Gasteiger partial charge >= 0.3 is 0 Å². The number of nitrogens with zero attached hydrogens (tertiary/aromatic N) is 5. The molecule has 8 nitrogen and oxygen atoms in total. The minimum Gasteiger partial charge on any atom is -0.399 e. The van der Waals surface area contributed by atoms with Crippen molar-refractivity contribution in [2.24, 2.45) is 17.1 Å². The fourth-order valence-electron chi connectivity index (χ4n) is 4.94. The van der Waals surface area contributed by atoms with Crippen LogP contribution in [0.3, 0.4) is 0 Å². The van der Waals surface area contributed by atoms with Crippen LogP contribution in [-0.2, 0) is 6.54 Å². The number of rotatable bonds is 4. The van der Waals surface area contributed by atoms with E-state index in [1.807, 2.05) is 48.5 Å². The molecule has 2 aliphatic rings. The van der Waals surface area contributed by atoms with Crippen molar-refractivity contribution in [3.8, 4) is 18.2 Å². The van der Waals surface area contributed by atoms with Crippen LogP contribution < -0.4 is 5.73 Å². The van der Waals surface area contributed by atoms with Gasteiger partial charge < -0.3 is 5.73 Å². The number of hydrogen-bond donors (Lipinski definition) is 1. The van der Waals surface area contributed by atoms with Crippen molar-refractivity contribution in [3.05, 3.63) is 97.7 Å². The number of nitriles is 3. The Morgan fingerprint density at radius 3 is 2.50 bits per heavy atom. The van der Waals surface area contributed by atoms with E-state index in [-0.39, 0.29) is 27.5 Å². The highest BCUT2D eigenvalue weighted by Crippen LogP contribution is 2.55. The average Bonchev–Trinajstić information content (AvgIpc) is 2.84. The molecular weight excluding hydrogens is 452 g/mol. The highest BCUT2D eigenvalue weighted by atomic mass is 35.5. The number of non-ortho nitro benzene ring substituents is 1. The van der Waals surface area contributed by atoms with E-state index in [4.69, 9.17) is 17.3 Å². The topological polar surface area (TPSA) is 144 Å². The van der Waals surface area contributed by atoms with Gasteiger partial charge in [0.05, 0.1) is 28.3 Å². The molecule has 2 aromatic rings. The lowest BCUT2D eigenvalue weighted by Gasteiger charge is -2.45. The van der Waals surface area contributed by atoms with Crippen LogP contribution in [0.15, 0.2) is 71.5 Å². The molecule has 0 bridgehead atoms. The van der Waals surface area contributed by atoms with Gasteiger partial charge in [-0.05, 0) is 22.8 Å². The summed E-state index contributed by atoms with van der Waals surface area (Å²) in [5.41, 5.74) is 6.17. The molecule has 1 aliphatic carbocycles. The summed E-state index contributed by atoms with van der Waals surface area (Å²) < 4.78 is 0. The molecule has 0 amide bonds. The summed E-state index contributed by atoms with van der Waals surface area (Å²) in [5.74, 6) is -1.41. The van der Waals surface area contributed by atoms with Crippen molar-refractivity contribution in [1.82, 2.24) is 4.90 Å². The number of nitro benzene ring substituents is 1. The zero-order valence-electron chi connectivity index (χ0n) is 18.0. The number of allylic oxidation sites excluding steroid dienone is 2. The van der Waals surface area contributed by atoms with Crippen LogP contribution in [0, 0.1) is 55.4 Å². The van der Waals surface area contributed by atoms with Gasteiger partial charge in [-0.25, -0.2) is 0 Å². The van der Waals surface area contributed by atoms with Gasteiger partial charge in [-0.1, -0.05) is 48.0 Å². The van der Waals surface area contributed by atoms with E-state index in [1.165, 1.54) is 18.2 Å². The smallest absolute Gasteiger partial charge is 0.269 e. The number of benzene rings is 2. The summed E-state index contributed by atoms with van der Waals surface area (Å²) in [4.78, 5) is 13.1. The predicted octanol–water partition coefficient (Wildman–Crippen LogP) is 4.17. The summed E-state index contributed by atoms with van der Waals surface area (Å²) in [5, 5.41) is 42.0. The minimum atomic E-state index is -1.91. The molecule has 2 N–H and O–H groups in total. The highest BCUT2D eigenvalue weighted by Gasteiger charge is 2.55. The van der Waals surface area contributed by atoms with E-state index in [0.29, 0.717) is 25.2 Å². The Bertz CT molecular complexity index is 1330. The Kier molecular flexibility index (Phi) is 6.09. The first-order valence-corrected chi connectivity index (χ1v) is 10.9. The van der Waals surface area contributed by atoms with Crippen molar-refractivity contribution in [2.75, 3.05) is 13.1 Å². The normalized spacial score (nSPS) is 21.4. The monoisotopic (exact) mass is 470 g/mol. The van der Waals surface area contributed by atoms with Crippen molar-refractivity contribution in [1.29, 1.82) is 15.8 Å². The van der Waals surface area contributed by atoms with Crippen molar-refractivity contribution >= 4 is 17.3 Å². The molecule has 4 rings (SSSR count). The fourth-order valence-corrected chi connectivity index (χ4v) is 5.17. The maximum absolute atomic E-state index is 11.5. The third-order valence-corrected chi connectivity index (χ3v) is 6.86. The maximum Gasteiger partial charge on any atom is 0.269 e. The summed E-state index contributed by atoms with van der Waals surface area (Å²) in [6.07, 6.45) is 1.89. The molecule has 1 heterocycles. The molecule has 0 aromatic heterocycles. The predicted molar refractivity (Wildman–Crippen MR) is 125 cm³/mol. The Hall–Kier alpha value is -4.16. The van der Waals surface area contributed by atoms with Gasteiger partial charge in [0.25, 0.3) is 5.69 Å². The molecule has 34 heavy (non-hydrogen) atoms. The van der Waals surface area contributed by atoms with E-state index in [1.54, 1.807) is 0 Å². The number of nitro groups is 1. The zero-order valence-corrected chi connectivity index (χ0v) is 18.7. The van der Waals surface area contributed by atoms with E-state index >= 15 is 0 Å². The van der Waals surface area contributed by atoms with Crippen LogP contribution in [0.2, 0.25) is 5.02 Å². The minimum absolute atomic E-state index is 0.116. The van der Waals surface area contributed by atoms with Crippen LogP contribution in [-0.4, -0.2) is 22.9 Å². The number of halogens is 1. The second-order valence-corrected chi connectivity index (χ2v) is 8.73. The van der Waals surface area contributed by atoms with E-state index in [0.717, 1.165) is 5.56 Å². The summed E-state index contributed by atoms with van der Waals surface area (Å²) >= 11 is 6.49. The number of nitrogens with two attached hydrogens (primary N) is 1. The summed E-state index contributed by atoms with van der Waals surface area (Å²) in [6.45, 7) is 1.57. The van der Waals surface area contributed by atoms with Crippen molar-refractivity contribution in [3.63, 3.8) is 0 Å². The molecule has 2 unspecified atom stereocenters. The number of fused-ring (bicyclic) bond motifs is 1. The fraction of sp³-hybridized carbons (Fsp3) is 0.240. The van der Waals surface area contributed by atoms with Crippen LogP contribution in [0.4, 0.5) is 5.69 Å². The van der Waals surface area contributed by atoms with E-state index < -0.39 is 22.2 Å². The SMILES string of the molecule is N#CC1=C(N)C(C#N)(C#N)C(c2cc([N+](=O)[O-])ccc2Cl)C2CN(Cc3ccccc3)CC=C12. The third kappa shape index (κ3) is 3.68. The number of hydrogen-bond acceptors (Lipinski definition) is 7. The Balaban J connectivity index is 1.91. The summed E-state index contributed by atoms with van der Waals surface area (Å²) in [6, 6.07) is 19.9. The van der Waals surface area contributed by atoms with Gasteiger partial charge in [-0.2, -0.15) is 15.8 Å². The maximum atomic E-state index is 11.5. The third-order valence-electron chi connectivity index (χ3n) is 6.51. The summed E-state index contributed by atoms with van der Waals surface area (Å²) in [7, 11) is 0. The van der Waals surface area contributed by atoms with Crippen molar-refractivity contribution < 1.29 is 4.92 Å². The molecule has 1 aliphatic heterocycles. The quantitative estimate of drug-likeness (QED) is 0.521. The molecule has 168 valence electrons. The molecule has 0 saturated carbocycles. The van der Waals surface area contributed by atoms with Crippen LogP contribution in [0.1, 0.15) is 17.0 Å². The van der Waals surface area contributed by atoms with Gasteiger partial charge in [0.1, 0.15) is 6.07 Å². The molecule has 2 atom stereocenters.